The summed E-state index contributed by atoms with van der Waals surface area (Å²) in [6.45, 7) is 5.79. The molecule has 5 rings (SSSR count). The van der Waals surface area contributed by atoms with Crippen molar-refractivity contribution in [2.45, 2.75) is 32.9 Å². The number of aromatic nitrogens is 1. The van der Waals surface area contributed by atoms with Gasteiger partial charge in [0, 0.05) is 24.0 Å². The zero-order valence-corrected chi connectivity index (χ0v) is 22.1. The Kier molecular flexibility index (Phi) is 6.92. The van der Waals surface area contributed by atoms with Crippen molar-refractivity contribution in [2.24, 2.45) is 0 Å². The van der Waals surface area contributed by atoms with Crippen LogP contribution in [0.1, 0.15) is 36.7 Å². The number of rotatable bonds is 6. The lowest BCUT2D eigenvalue weighted by atomic mass is 9.97. The van der Waals surface area contributed by atoms with Gasteiger partial charge in [-0.3, -0.25) is 9.69 Å². The second-order valence-electron chi connectivity index (χ2n) is 9.75. The van der Waals surface area contributed by atoms with E-state index in [1.54, 1.807) is 24.1 Å². The Morgan fingerprint density at radius 2 is 1.68 bits per heavy atom. The Bertz CT molecular complexity index is 1460. The summed E-state index contributed by atoms with van der Waals surface area (Å²) < 4.78 is 7.42. The third kappa shape index (κ3) is 4.75. The van der Waals surface area contributed by atoms with Crippen LogP contribution in [0.4, 0.5) is 16.2 Å². The molecule has 7 nitrogen and oxygen atoms in total. The molecule has 0 radical (unpaired) electrons. The first-order valence-electron chi connectivity index (χ1n) is 12.7. The molecule has 38 heavy (non-hydrogen) atoms. The van der Waals surface area contributed by atoms with Crippen molar-refractivity contribution < 1.29 is 14.3 Å². The molecule has 1 atom stereocenters. The number of urea groups is 1. The van der Waals surface area contributed by atoms with Crippen LogP contribution in [0.5, 0.6) is 5.75 Å². The van der Waals surface area contributed by atoms with Gasteiger partial charge in [-0.15, -0.1) is 0 Å². The molecule has 3 aromatic carbocycles. The van der Waals surface area contributed by atoms with Crippen molar-refractivity contribution in [3.05, 3.63) is 108 Å². The van der Waals surface area contributed by atoms with E-state index in [-0.39, 0.29) is 30.6 Å². The molecule has 1 aliphatic heterocycles. The average molecular weight is 509 g/mol. The number of nitrogens with one attached hydrogen (secondary N) is 1. The molecular weight excluding hydrogens is 476 g/mol. The molecule has 1 aliphatic rings. The van der Waals surface area contributed by atoms with Gasteiger partial charge in [-0.1, -0.05) is 48.0 Å². The third-order valence-electron chi connectivity index (χ3n) is 6.89. The van der Waals surface area contributed by atoms with Gasteiger partial charge in [0.1, 0.15) is 18.3 Å². The summed E-state index contributed by atoms with van der Waals surface area (Å²) in [5.74, 6) is 0.480. The van der Waals surface area contributed by atoms with Gasteiger partial charge >= 0.3 is 6.03 Å². The number of aryl methyl sites for hydroxylation is 1. The minimum Gasteiger partial charge on any atom is -0.497 e. The quantitative estimate of drug-likeness (QED) is 0.339. The van der Waals surface area contributed by atoms with Crippen LogP contribution in [-0.4, -0.2) is 41.1 Å². The molecule has 0 aliphatic carbocycles. The number of carbonyl (C=O) groups excluding carboxylic acids is 2. The van der Waals surface area contributed by atoms with E-state index in [0.717, 1.165) is 28.2 Å². The van der Waals surface area contributed by atoms with E-state index in [1.165, 1.54) is 0 Å². The van der Waals surface area contributed by atoms with Gasteiger partial charge in [0.25, 0.3) is 0 Å². The number of methoxy groups -OCH3 is 1. The van der Waals surface area contributed by atoms with Crippen LogP contribution in [0.2, 0.25) is 0 Å². The average Bonchev–Trinajstić information content (AvgIpc) is 3.41. The molecule has 0 saturated heterocycles. The Hall–Kier alpha value is -4.52. The largest absolute Gasteiger partial charge is 0.497 e. The van der Waals surface area contributed by atoms with Gasteiger partial charge in [0.2, 0.25) is 5.91 Å². The van der Waals surface area contributed by atoms with E-state index in [9.17, 15) is 9.59 Å². The summed E-state index contributed by atoms with van der Waals surface area (Å²) in [5.41, 5.74) is 5.50. The molecule has 0 fully saturated rings. The highest BCUT2D eigenvalue weighted by Crippen LogP contribution is 2.42. The highest BCUT2D eigenvalue weighted by atomic mass is 16.5. The van der Waals surface area contributed by atoms with Gasteiger partial charge in [-0.25, -0.2) is 4.79 Å². The first-order valence-corrected chi connectivity index (χ1v) is 12.7. The van der Waals surface area contributed by atoms with Gasteiger partial charge in [0.15, 0.2) is 0 Å². The molecule has 0 bridgehead atoms. The molecule has 194 valence electrons. The van der Waals surface area contributed by atoms with Crippen molar-refractivity contribution in [3.8, 4) is 11.4 Å². The fraction of sp³-hybridized carbons (Fsp3) is 0.226. The second-order valence-corrected chi connectivity index (χ2v) is 9.75. The first kappa shape index (κ1) is 25.1. The van der Waals surface area contributed by atoms with E-state index >= 15 is 0 Å². The maximum Gasteiger partial charge on any atom is 0.322 e. The predicted octanol–water partition coefficient (Wildman–Crippen LogP) is 6.17. The summed E-state index contributed by atoms with van der Waals surface area (Å²) in [4.78, 5) is 30.9. The highest BCUT2D eigenvalue weighted by molar-refractivity contribution is 6.01. The lowest BCUT2D eigenvalue weighted by Crippen LogP contribution is -2.49. The van der Waals surface area contributed by atoms with Gasteiger partial charge < -0.3 is 19.5 Å². The minimum absolute atomic E-state index is 0.0785. The molecule has 2 heterocycles. The Morgan fingerprint density at radius 1 is 0.947 bits per heavy atom. The molecule has 4 aromatic rings. The number of carbonyl (C=O) groups is 2. The number of hydrogen-bond acceptors (Lipinski definition) is 3. The van der Waals surface area contributed by atoms with Crippen LogP contribution >= 0.6 is 0 Å². The number of anilines is 2. The van der Waals surface area contributed by atoms with Gasteiger partial charge in [-0.2, -0.15) is 0 Å². The van der Waals surface area contributed by atoms with Crippen LogP contribution in [0.25, 0.3) is 5.69 Å². The monoisotopic (exact) mass is 508 g/mol. The predicted molar refractivity (Wildman–Crippen MR) is 150 cm³/mol. The topological polar surface area (TPSA) is 66.8 Å². The maximum atomic E-state index is 14.2. The maximum absolute atomic E-state index is 14.2. The lowest BCUT2D eigenvalue weighted by Gasteiger charge is -2.40. The standard InChI is InChI=1S/C31H32N4O3/c1-21(2)34(31(37)32-24-9-7-10-25(19-24)38-4)20-29(36)35-27-12-6-5-11-26(27)33-18-8-13-28(33)30(35)23-16-14-22(3)15-17-23/h5-19,21,30H,20H2,1-4H3,(H,32,37). The molecule has 1 aromatic heterocycles. The minimum atomic E-state index is -0.345. The van der Waals surface area contributed by atoms with Crippen LogP contribution < -0.4 is 15.0 Å². The Balaban J connectivity index is 1.50. The lowest BCUT2D eigenvalue weighted by molar-refractivity contribution is -0.119. The van der Waals surface area contributed by atoms with E-state index < -0.39 is 0 Å². The number of amides is 3. The van der Waals surface area contributed by atoms with Crippen molar-refractivity contribution in [1.29, 1.82) is 0 Å². The van der Waals surface area contributed by atoms with Crippen LogP contribution in [0, 0.1) is 6.92 Å². The Labute approximate surface area is 223 Å². The van der Waals surface area contributed by atoms with Crippen LogP contribution in [0.15, 0.2) is 91.1 Å². The molecule has 0 saturated carbocycles. The Morgan fingerprint density at radius 3 is 2.39 bits per heavy atom. The summed E-state index contributed by atoms with van der Waals surface area (Å²) in [7, 11) is 1.58. The van der Waals surface area contributed by atoms with E-state index in [4.69, 9.17) is 4.74 Å². The smallest absolute Gasteiger partial charge is 0.322 e. The normalized spacial score (nSPS) is 14.0. The number of para-hydroxylation sites is 2. The summed E-state index contributed by atoms with van der Waals surface area (Å²) in [5, 5.41) is 2.92. The summed E-state index contributed by atoms with van der Waals surface area (Å²) >= 11 is 0. The molecular formula is C31H32N4O3. The van der Waals surface area contributed by atoms with E-state index in [2.05, 4.69) is 40.2 Å². The number of hydrogen-bond donors (Lipinski definition) is 1. The number of benzene rings is 3. The highest BCUT2D eigenvalue weighted by Gasteiger charge is 2.37. The fourth-order valence-electron chi connectivity index (χ4n) is 4.93. The van der Waals surface area contributed by atoms with Gasteiger partial charge in [-0.05, 0) is 62.7 Å². The first-order chi connectivity index (χ1) is 18.4. The molecule has 0 spiro atoms. The van der Waals surface area contributed by atoms with Crippen molar-refractivity contribution in [2.75, 3.05) is 23.9 Å². The van der Waals surface area contributed by atoms with Crippen molar-refractivity contribution in [3.63, 3.8) is 0 Å². The SMILES string of the molecule is COc1cccc(NC(=O)N(CC(=O)N2c3ccccc3-n3cccc3C2c2ccc(C)cc2)C(C)C)c1. The molecule has 1 unspecified atom stereocenters. The van der Waals surface area contributed by atoms with Crippen molar-refractivity contribution in [1.82, 2.24) is 9.47 Å². The summed E-state index contributed by atoms with van der Waals surface area (Å²) in [6.07, 6.45) is 2.03. The zero-order valence-electron chi connectivity index (χ0n) is 22.1. The number of ether oxygens (including phenoxy) is 1. The fourth-order valence-corrected chi connectivity index (χ4v) is 4.93. The van der Waals surface area contributed by atoms with Crippen LogP contribution in [0.3, 0.4) is 0 Å². The summed E-state index contributed by atoms with van der Waals surface area (Å²) in [6, 6.07) is 26.5. The zero-order chi connectivity index (χ0) is 26.8. The molecule has 7 heteroatoms. The number of nitrogens with zero attached hydrogens (tertiary/aromatic N) is 3. The third-order valence-corrected chi connectivity index (χ3v) is 6.89. The van der Waals surface area contributed by atoms with Crippen LogP contribution in [-0.2, 0) is 4.79 Å². The molecule has 1 N–H and O–H groups in total. The van der Waals surface area contributed by atoms with E-state index in [1.807, 2.05) is 74.3 Å². The molecule has 3 amide bonds. The number of fused-ring (bicyclic) bond motifs is 3. The van der Waals surface area contributed by atoms with Crippen molar-refractivity contribution >= 4 is 23.3 Å². The van der Waals surface area contributed by atoms with E-state index in [0.29, 0.717) is 11.4 Å². The second kappa shape index (κ2) is 10.5. The van der Waals surface area contributed by atoms with Gasteiger partial charge in [0.05, 0.1) is 24.2 Å².